The summed E-state index contributed by atoms with van der Waals surface area (Å²) in [6, 6.07) is 6.97. The van der Waals surface area contributed by atoms with Gasteiger partial charge in [-0.1, -0.05) is 11.6 Å². The molecule has 4 heterocycles. The molecule has 8 nitrogen and oxygen atoms in total. The Kier molecular flexibility index (Phi) is 4.92. The van der Waals surface area contributed by atoms with Gasteiger partial charge in [-0.15, -0.1) is 0 Å². The summed E-state index contributed by atoms with van der Waals surface area (Å²) in [5.41, 5.74) is 0.897. The Morgan fingerprint density at radius 3 is 2.79 bits per heavy atom. The lowest BCUT2D eigenvalue weighted by Gasteiger charge is -2.26. The third-order valence-electron chi connectivity index (χ3n) is 5.41. The van der Waals surface area contributed by atoms with Gasteiger partial charge in [0.15, 0.2) is 5.65 Å². The maximum absolute atomic E-state index is 13.4. The Morgan fingerprint density at radius 1 is 1.31 bits per heavy atom. The quantitative estimate of drug-likeness (QED) is 0.644. The third-order valence-corrected chi connectivity index (χ3v) is 5.64. The molecule has 3 aromatic rings. The second-order valence-corrected chi connectivity index (χ2v) is 8.43. The smallest absolute Gasteiger partial charge is 0.335 e. The van der Waals surface area contributed by atoms with E-state index in [0.717, 1.165) is 13.0 Å². The number of nitrogens with zero attached hydrogens (tertiary/aromatic N) is 5. The van der Waals surface area contributed by atoms with Crippen molar-refractivity contribution in [2.75, 3.05) is 19.6 Å². The van der Waals surface area contributed by atoms with E-state index in [1.807, 2.05) is 6.07 Å². The molecule has 0 unspecified atom stereocenters. The van der Waals surface area contributed by atoms with Gasteiger partial charge in [0.25, 0.3) is 0 Å². The highest BCUT2D eigenvalue weighted by Crippen LogP contribution is 2.28. The second kappa shape index (κ2) is 7.27. The van der Waals surface area contributed by atoms with Crippen LogP contribution in [0.1, 0.15) is 26.3 Å². The molecule has 152 valence electrons. The number of carboxylic acids is 1. The normalized spacial score (nSPS) is 17.8. The molecule has 1 atom stereocenters. The molecule has 1 saturated heterocycles. The number of aromatic nitrogens is 4. The Labute approximate surface area is 172 Å². The number of halogens is 1. The molecular formula is C20H22ClN5O3. The zero-order valence-corrected chi connectivity index (χ0v) is 17.0. The van der Waals surface area contributed by atoms with E-state index in [1.165, 1.54) is 0 Å². The average molecular weight is 416 g/mol. The maximum atomic E-state index is 13.4. The lowest BCUT2D eigenvalue weighted by atomic mass is 9.93. The number of aliphatic carboxylic acids is 1. The maximum Gasteiger partial charge on any atom is 0.335 e. The number of likely N-dealkylation sites (tertiary alicyclic amines) is 1. The predicted molar refractivity (Wildman–Crippen MR) is 110 cm³/mol. The Morgan fingerprint density at radius 2 is 2.10 bits per heavy atom. The molecule has 9 heteroatoms. The first-order valence-electron chi connectivity index (χ1n) is 9.43. The minimum absolute atomic E-state index is 0.0778. The highest BCUT2D eigenvalue weighted by Gasteiger charge is 2.35. The molecule has 1 aliphatic rings. The van der Waals surface area contributed by atoms with Crippen LogP contribution in [0.2, 0.25) is 5.15 Å². The van der Waals surface area contributed by atoms with Crippen molar-refractivity contribution >= 4 is 28.7 Å². The summed E-state index contributed by atoms with van der Waals surface area (Å²) in [5.74, 6) is -0.827. The van der Waals surface area contributed by atoms with Crippen LogP contribution in [-0.2, 0) is 4.79 Å². The van der Waals surface area contributed by atoms with Crippen molar-refractivity contribution < 1.29 is 9.90 Å². The monoisotopic (exact) mass is 415 g/mol. The van der Waals surface area contributed by atoms with Crippen LogP contribution in [-0.4, -0.2) is 54.7 Å². The number of rotatable bonds is 5. The number of hydrogen-bond donors (Lipinski definition) is 1. The van der Waals surface area contributed by atoms with Gasteiger partial charge in [0, 0.05) is 25.8 Å². The van der Waals surface area contributed by atoms with Crippen molar-refractivity contribution in [3.63, 3.8) is 0 Å². The summed E-state index contributed by atoms with van der Waals surface area (Å²) in [5, 5.41) is 9.77. The SMILES string of the molecule is CC(C)(CN1CC[C@@H](n2c(=O)n(-c3ccc(Cl)nc3)c3cccnc32)C1)C(=O)O. The van der Waals surface area contributed by atoms with E-state index in [4.69, 9.17) is 11.6 Å². The van der Waals surface area contributed by atoms with Gasteiger partial charge in [0.05, 0.1) is 28.9 Å². The summed E-state index contributed by atoms with van der Waals surface area (Å²) in [6.45, 7) is 5.20. The minimum Gasteiger partial charge on any atom is -0.481 e. The third kappa shape index (κ3) is 3.54. The van der Waals surface area contributed by atoms with E-state index in [-0.39, 0.29) is 11.7 Å². The fourth-order valence-corrected chi connectivity index (χ4v) is 4.03. The lowest BCUT2D eigenvalue weighted by Crippen LogP contribution is -2.38. The molecule has 0 spiro atoms. The van der Waals surface area contributed by atoms with Crippen LogP contribution in [0.25, 0.3) is 16.9 Å². The number of pyridine rings is 2. The fraction of sp³-hybridized carbons (Fsp3) is 0.400. The minimum atomic E-state index is -0.846. The molecule has 0 aliphatic carbocycles. The molecule has 0 saturated carbocycles. The number of fused-ring (bicyclic) bond motifs is 1. The van der Waals surface area contributed by atoms with Gasteiger partial charge >= 0.3 is 11.7 Å². The van der Waals surface area contributed by atoms with Crippen LogP contribution in [0.15, 0.2) is 41.5 Å². The van der Waals surface area contributed by atoms with Crippen LogP contribution in [0.5, 0.6) is 0 Å². The standard InChI is InChI=1S/C20H22ClN5O3/c1-20(2,18(27)28)12-24-9-7-14(11-24)26-17-15(4-3-8-22-17)25(19(26)29)13-5-6-16(21)23-10-13/h3-6,8,10,14H,7,9,11-12H2,1-2H3,(H,27,28)/t14-/m1/s1. The first-order chi connectivity index (χ1) is 13.8. The first-order valence-corrected chi connectivity index (χ1v) is 9.81. The van der Waals surface area contributed by atoms with Gasteiger partial charge < -0.3 is 10.0 Å². The Hall–Kier alpha value is -2.71. The van der Waals surface area contributed by atoms with Crippen LogP contribution < -0.4 is 5.69 Å². The second-order valence-electron chi connectivity index (χ2n) is 8.04. The molecule has 29 heavy (non-hydrogen) atoms. The van der Waals surface area contributed by atoms with Crippen molar-refractivity contribution in [3.8, 4) is 5.69 Å². The van der Waals surface area contributed by atoms with E-state index < -0.39 is 11.4 Å². The average Bonchev–Trinajstić information content (AvgIpc) is 3.23. The molecule has 4 rings (SSSR count). The number of hydrogen-bond acceptors (Lipinski definition) is 5. The summed E-state index contributed by atoms with van der Waals surface area (Å²) in [4.78, 5) is 35.5. The zero-order chi connectivity index (χ0) is 20.8. The van der Waals surface area contributed by atoms with Crippen LogP contribution in [0.3, 0.4) is 0 Å². The van der Waals surface area contributed by atoms with Crippen LogP contribution in [0.4, 0.5) is 0 Å². The summed E-state index contributed by atoms with van der Waals surface area (Å²) in [7, 11) is 0. The molecule has 1 fully saturated rings. The van der Waals surface area contributed by atoms with Crippen molar-refractivity contribution in [2.24, 2.45) is 5.41 Å². The van der Waals surface area contributed by atoms with Crippen molar-refractivity contribution in [1.29, 1.82) is 0 Å². The highest BCUT2D eigenvalue weighted by atomic mass is 35.5. The van der Waals surface area contributed by atoms with E-state index in [1.54, 1.807) is 53.6 Å². The van der Waals surface area contributed by atoms with E-state index >= 15 is 0 Å². The van der Waals surface area contributed by atoms with E-state index in [9.17, 15) is 14.7 Å². The largest absolute Gasteiger partial charge is 0.481 e. The van der Waals surface area contributed by atoms with Gasteiger partial charge in [0.2, 0.25) is 0 Å². The van der Waals surface area contributed by atoms with Gasteiger partial charge in [-0.3, -0.25) is 13.9 Å². The molecule has 0 radical (unpaired) electrons. The number of carbonyl (C=O) groups is 1. The van der Waals surface area contributed by atoms with E-state index in [2.05, 4.69) is 14.9 Å². The summed E-state index contributed by atoms with van der Waals surface area (Å²) >= 11 is 5.89. The topological polar surface area (TPSA) is 93.3 Å². The van der Waals surface area contributed by atoms with Crippen LogP contribution >= 0.6 is 11.6 Å². The predicted octanol–water partition coefficient (Wildman–Crippen LogP) is 2.59. The number of carboxylic acid groups (broad SMARTS) is 1. The van der Waals surface area contributed by atoms with Crippen LogP contribution in [0, 0.1) is 5.41 Å². The lowest BCUT2D eigenvalue weighted by molar-refractivity contribution is -0.147. The van der Waals surface area contributed by atoms with Crippen molar-refractivity contribution in [2.45, 2.75) is 26.3 Å². The van der Waals surface area contributed by atoms with Crippen molar-refractivity contribution in [3.05, 3.63) is 52.3 Å². The van der Waals surface area contributed by atoms with Gasteiger partial charge in [-0.25, -0.2) is 14.8 Å². The van der Waals surface area contributed by atoms with Gasteiger partial charge in [-0.2, -0.15) is 0 Å². The fourth-order valence-electron chi connectivity index (χ4n) is 3.92. The highest BCUT2D eigenvalue weighted by molar-refractivity contribution is 6.29. The molecule has 3 aromatic heterocycles. The molecule has 1 aliphatic heterocycles. The number of imidazole rings is 1. The van der Waals surface area contributed by atoms with Crippen molar-refractivity contribution in [1.82, 2.24) is 24.0 Å². The first kappa shape index (κ1) is 19.6. The Bertz CT molecular complexity index is 1120. The summed E-state index contributed by atoms with van der Waals surface area (Å²) < 4.78 is 3.31. The van der Waals surface area contributed by atoms with Gasteiger partial charge in [0.1, 0.15) is 5.15 Å². The van der Waals surface area contributed by atoms with E-state index in [0.29, 0.717) is 35.1 Å². The molecule has 0 aromatic carbocycles. The summed E-state index contributed by atoms with van der Waals surface area (Å²) in [6.07, 6.45) is 3.99. The molecular weight excluding hydrogens is 394 g/mol. The van der Waals surface area contributed by atoms with Gasteiger partial charge in [-0.05, 0) is 44.5 Å². The molecule has 1 N–H and O–H groups in total. The Balaban J connectivity index is 1.72. The zero-order valence-electron chi connectivity index (χ0n) is 16.2. The molecule has 0 bridgehead atoms. The molecule has 0 amide bonds.